The average molecular weight is 293 g/mol. The van der Waals surface area contributed by atoms with Crippen molar-refractivity contribution in [3.05, 3.63) is 33.8 Å². The molecule has 17 heavy (non-hydrogen) atoms. The fourth-order valence-electron chi connectivity index (χ4n) is 1.64. The van der Waals surface area contributed by atoms with Crippen LogP contribution in [0.25, 0.3) is 0 Å². The van der Waals surface area contributed by atoms with Gasteiger partial charge in [0.1, 0.15) is 0 Å². The Bertz CT molecular complexity index is 389. The molecule has 2 nitrogen and oxygen atoms in total. The van der Waals surface area contributed by atoms with Gasteiger partial charge >= 0.3 is 0 Å². The second-order valence-electron chi connectivity index (χ2n) is 4.38. The molecule has 1 aliphatic rings. The van der Waals surface area contributed by atoms with Crippen molar-refractivity contribution < 1.29 is 9.84 Å². The lowest BCUT2D eigenvalue weighted by molar-refractivity contribution is -0.121. The second-order valence-corrected chi connectivity index (χ2v) is 6.21. The van der Waals surface area contributed by atoms with Crippen LogP contribution in [0.3, 0.4) is 0 Å². The van der Waals surface area contributed by atoms with Gasteiger partial charge in [0.2, 0.25) is 0 Å². The molecule has 1 aromatic rings. The summed E-state index contributed by atoms with van der Waals surface area (Å²) < 4.78 is 5.15. The van der Waals surface area contributed by atoms with Crippen LogP contribution in [0.5, 0.6) is 0 Å². The SMILES string of the molecule is OCC1(CSCc2cc(Cl)ccc2Cl)COC1. The Labute approximate surface area is 115 Å². The van der Waals surface area contributed by atoms with Crippen molar-refractivity contribution in [2.24, 2.45) is 5.41 Å². The third-order valence-corrected chi connectivity index (χ3v) is 4.76. The Morgan fingerprint density at radius 3 is 2.71 bits per heavy atom. The molecular formula is C12H14Cl2O2S. The van der Waals surface area contributed by atoms with Crippen molar-refractivity contribution >= 4 is 35.0 Å². The highest BCUT2D eigenvalue weighted by Gasteiger charge is 2.37. The van der Waals surface area contributed by atoms with Crippen LogP contribution in [-0.4, -0.2) is 30.7 Å². The predicted molar refractivity (Wildman–Crippen MR) is 73.0 cm³/mol. The van der Waals surface area contributed by atoms with Crippen LogP contribution in [0.2, 0.25) is 10.0 Å². The van der Waals surface area contributed by atoms with E-state index in [1.807, 2.05) is 12.1 Å². The summed E-state index contributed by atoms with van der Waals surface area (Å²) in [6.07, 6.45) is 0. The van der Waals surface area contributed by atoms with Crippen LogP contribution in [0.1, 0.15) is 5.56 Å². The van der Waals surface area contributed by atoms with Crippen molar-refractivity contribution in [1.29, 1.82) is 0 Å². The van der Waals surface area contributed by atoms with E-state index in [1.54, 1.807) is 17.8 Å². The molecule has 0 saturated carbocycles. The highest BCUT2D eigenvalue weighted by atomic mass is 35.5. The number of thioether (sulfide) groups is 1. The van der Waals surface area contributed by atoms with Gasteiger partial charge in [-0.15, -0.1) is 0 Å². The molecule has 5 heteroatoms. The third kappa shape index (κ3) is 3.30. The monoisotopic (exact) mass is 292 g/mol. The van der Waals surface area contributed by atoms with E-state index < -0.39 is 0 Å². The first-order valence-electron chi connectivity index (χ1n) is 5.35. The van der Waals surface area contributed by atoms with Crippen LogP contribution < -0.4 is 0 Å². The fraction of sp³-hybridized carbons (Fsp3) is 0.500. The molecule has 0 atom stereocenters. The molecule has 1 heterocycles. The smallest absolute Gasteiger partial charge is 0.0575 e. The molecule has 1 fully saturated rings. The lowest BCUT2D eigenvalue weighted by Gasteiger charge is -2.39. The van der Waals surface area contributed by atoms with E-state index in [0.29, 0.717) is 18.2 Å². The van der Waals surface area contributed by atoms with Gasteiger partial charge in [0.25, 0.3) is 0 Å². The maximum atomic E-state index is 9.29. The summed E-state index contributed by atoms with van der Waals surface area (Å²) in [7, 11) is 0. The first-order valence-corrected chi connectivity index (χ1v) is 7.27. The van der Waals surface area contributed by atoms with Gasteiger partial charge in [-0.3, -0.25) is 0 Å². The molecule has 0 bridgehead atoms. The van der Waals surface area contributed by atoms with Gasteiger partial charge in [-0.2, -0.15) is 11.8 Å². The van der Waals surface area contributed by atoms with E-state index >= 15 is 0 Å². The van der Waals surface area contributed by atoms with Crippen LogP contribution in [0, 0.1) is 5.41 Å². The highest BCUT2D eigenvalue weighted by molar-refractivity contribution is 7.98. The van der Waals surface area contributed by atoms with Gasteiger partial charge in [0.15, 0.2) is 0 Å². The minimum absolute atomic E-state index is 0.0459. The van der Waals surface area contributed by atoms with Crippen molar-refractivity contribution in [3.63, 3.8) is 0 Å². The van der Waals surface area contributed by atoms with E-state index in [-0.39, 0.29) is 12.0 Å². The maximum absolute atomic E-state index is 9.29. The summed E-state index contributed by atoms with van der Waals surface area (Å²) in [6, 6.07) is 5.49. The highest BCUT2D eigenvalue weighted by Crippen LogP contribution is 2.33. The summed E-state index contributed by atoms with van der Waals surface area (Å²) in [5.41, 5.74) is 0.993. The van der Waals surface area contributed by atoms with Gasteiger partial charge in [0.05, 0.1) is 19.8 Å². The molecular weight excluding hydrogens is 279 g/mol. The maximum Gasteiger partial charge on any atom is 0.0575 e. The molecule has 0 aliphatic carbocycles. The lowest BCUT2D eigenvalue weighted by Crippen LogP contribution is -2.47. The zero-order valence-electron chi connectivity index (χ0n) is 9.29. The van der Waals surface area contributed by atoms with Gasteiger partial charge in [-0.05, 0) is 23.8 Å². The fourth-order valence-corrected chi connectivity index (χ4v) is 3.35. The Morgan fingerprint density at radius 2 is 2.12 bits per heavy atom. The number of ether oxygens (including phenoxy) is 1. The zero-order valence-corrected chi connectivity index (χ0v) is 11.6. The number of aliphatic hydroxyl groups excluding tert-OH is 1. The Hall–Kier alpha value is 0.0700. The van der Waals surface area contributed by atoms with Crippen molar-refractivity contribution in [2.45, 2.75) is 5.75 Å². The number of benzene rings is 1. The third-order valence-electron chi connectivity index (χ3n) is 2.83. The minimum Gasteiger partial charge on any atom is -0.396 e. The van der Waals surface area contributed by atoms with Gasteiger partial charge < -0.3 is 9.84 Å². The zero-order chi connectivity index (χ0) is 12.3. The summed E-state index contributed by atoms with van der Waals surface area (Å²) in [5.74, 6) is 1.69. The van der Waals surface area contributed by atoms with Crippen molar-refractivity contribution in [3.8, 4) is 0 Å². The number of halogens is 2. The standard InChI is InChI=1S/C12H14Cl2O2S/c13-10-1-2-11(14)9(3-10)4-17-8-12(5-15)6-16-7-12/h1-3,15H,4-8H2. The Balaban J connectivity index is 1.87. The topological polar surface area (TPSA) is 29.5 Å². The van der Waals surface area contributed by atoms with E-state index in [4.69, 9.17) is 27.9 Å². The molecule has 0 radical (unpaired) electrons. The molecule has 1 saturated heterocycles. The van der Waals surface area contributed by atoms with Crippen molar-refractivity contribution in [2.75, 3.05) is 25.6 Å². The normalized spacial score (nSPS) is 17.8. The summed E-state index contributed by atoms with van der Waals surface area (Å²) in [5, 5.41) is 10.7. The van der Waals surface area contributed by atoms with E-state index in [1.165, 1.54) is 0 Å². The van der Waals surface area contributed by atoms with Crippen LogP contribution in [0.4, 0.5) is 0 Å². The van der Waals surface area contributed by atoms with Gasteiger partial charge in [-0.1, -0.05) is 23.2 Å². The molecule has 1 aliphatic heterocycles. The number of rotatable bonds is 5. The van der Waals surface area contributed by atoms with Gasteiger partial charge in [0, 0.05) is 27.0 Å². The van der Waals surface area contributed by atoms with Gasteiger partial charge in [-0.25, -0.2) is 0 Å². The first-order chi connectivity index (χ1) is 8.15. The molecule has 1 aromatic carbocycles. The number of hydrogen-bond acceptors (Lipinski definition) is 3. The number of hydrogen-bond donors (Lipinski definition) is 1. The Morgan fingerprint density at radius 1 is 1.35 bits per heavy atom. The van der Waals surface area contributed by atoms with E-state index in [2.05, 4.69) is 0 Å². The molecule has 1 N–H and O–H groups in total. The van der Waals surface area contributed by atoms with Crippen LogP contribution in [-0.2, 0) is 10.5 Å². The van der Waals surface area contributed by atoms with E-state index in [9.17, 15) is 5.11 Å². The summed E-state index contributed by atoms with van der Waals surface area (Å²) in [6.45, 7) is 1.49. The molecule has 0 unspecified atom stereocenters. The number of aliphatic hydroxyl groups is 1. The van der Waals surface area contributed by atoms with Crippen LogP contribution in [0.15, 0.2) is 18.2 Å². The predicted octanol–water partition coefficient (Wildman–Crippen LogP) is 3.24. The summed E-state index contributed by atoms with van der Waals surface area (Å²) >= 11 is 13.8. The average Bonchev–Trinajstić information content (AvgIpc) is 2.27. The quantitative estimate of drug-likeness (QED) is 0.903. The first kappa shape index (κ1) is 13.5. The lowest BCUT2D eigenvalue weighted by atomic mass is 9.90. The van der Waals surface area contributed by atoms with Crippen LogP contribution >= 0.6 is 35.0 Å². The Kier molecular flexibility index (Phi) is 4.61. The second kappa shape index (κ2) is 5.81. The molecule has 0 aromatic heterocycles. The molecule has 0 spiro atoms. The summed E-state index contributed by atoms with van der Waals surface area (Å²) in [4.78, 5) is 0. The largest absolute Gasteiger partial charge is 0.396 e. The van der Waals surface area contributed by atoms with Crippen molar-refractivity contribution in [1.82, 2.24) is 0 Å². The molecule has 0 amide bonds. The minimum atomic E-state index is -0.0459. The van der Waals surface area contributed by atoms with E-state index in [0.717, 1.165) is 22.1 Å². The molecule has 2 rings (SSSR count). The molecule has 94 valence electrons.